The minimum atomic E-state index is -0.720. The Hall–Kier alpha value is -0.910. The molecule has 0 saturated carbocycles. The standard InChI is InChI=1S/C15H11Br2FO2/c16-11-3-1-8(5-12(11)17)15-7-13(19)10-6-9(18)2-4-14(10)20-15/h1-6,13,15,19H,7H2/t13-,15?/m1/s1. The molecule has 2 aromatic carbocycles. The van der Waals surface area contributed by atoms with Gasteiger partial charge in [0.25, 0.3) is 0 Å². The molecular formula is C15H11Br2FO2. The van der Waals surface area contributed by atoms with Crippen LogP contribution in [0.4, 0.5) is 4.39 Å². The lowest BCUT2D eigenvalue weighted by Gasteiger charge is -2.30. The van der Waals surface area contributed by atoms with Crippen LogP contribution in [0.25, 0.3) is 0 Å². The van der Waals surface area contributed by atoms with E-state index in [2.05, 4.69) is 31.9 Å². The molecule has 3 rings (SSSR count). The zero-order chi connectivity index (χ0) is 14.3. The van der Waals surface area contributed by atoms with Crippen molar-refractivity contribution in [1.29, 1.82) is 0 Å². The number of ether oxygens (including phenoxy) is 1. The maximum absolute atomic E-state index is 13.2. The summed E-state index contributed by atoms with van der Waals surface area (Å²) in [5.41, 5.74) is 1.48. The van der Waals surface area contributed by atoms with Crippen molar-refractivity contribution in [3.63, 3.8) is 0 Å². The molecule has 1 N–H and O–H groups in total. The van der Waals surface area contributed by atoms with Crippen LogP contribution in [-0.2, 0) is 0 Å². The minimum Gasteiger partial charge on any atom is -0.485 e. The summed E-state index contributed by atoms with van der Waals surface area (Å²) < 4.78 is 21.0. The van der Waals surface area contributed by atoms with Crippen molar-refractivity contribution in [2.45, 2.75) is 18.6 Å². The van der Waals surface area contributed by atoms with Gasteiger partial charge in [-0.3, -0.25) is 0 Å². The molecule has 5 heteroatoms. The van der Waals surface area contributed by atoms with Crippen molar-refractivity contribution >= 4 is 31.9 Å². The summed E-state index contributed by atoms with van der Waals surface area (Å²) in [6.45, 7) is 0. The molecule has 1 aliphatic rings. The molecule has 0 aromatic heterocycles. The molecule has 0 amide bonds. The summed E-state index contributed by atoms with van der Waals surface area (Å²) in [4.78, 5) is 0. The van der Waals surface area contributed by atoms with E-state index in [-0.39, 0.29) is 11.9 Å². The first-order valence-corrected chi connectivity index (χ1v) is 7.72. The lowest BCUT2D eigenvalue weighted by molar-refractivity contribution is 0.0653. The molecule has 20 heavy (non-hydrogen) atoms. The van der Waals surface area contributed by atoms with Gasteiger partial charge in [-0.05, 0) is 67.8 Å². The second-order valence-electron chi connectivity index (χ2n) is 4.71. The van der Waals surface area contributed by atoms with Gasteiger partial charge >= 0.3 is 0 Å². The Morgan fingerprint density at radius 1 is 1.10 bits per heavy atom. The molecule has 104 valence electrons. The van der Waals surface area contributed by atoms with Crippen LogP contribution in [0.5, 0.6) is 5.75 Å². The number of hydrogen-bond donors (Lipinski definition) is 1. The van der Waals surface area contributed by atoms with Gasteiger partial charge in [0.05, 0.1) is 6.10 Å². The Morgan fingerprint density at radius 3 is 2.65 bits per heavy atom. The van der Waals surface area contributed by atoms with Crippen LogP contribution in [0.15, 0.2) is 45.3 Å². The Morgan fingerprint density at radius 2 is 1.90 bits per heavy atom. The van der Waals surface area contributed by atoms with Crippen molar-refractivity contribution in [2.75, 3.05) is 0 Å². The average Bonchev–Trinajstić information content (AvgIpc) is 2.42. The maximum Gasteiger partial charge on any atom is 0.127 e. The van der Waals surface area contributed by atoms with Crippen LogP contribution in [0.1, 0.15) is 29.8 Å². The number of halogens is 3. The van der Waals surface area contributed by atoms with Crippen molar-refractivity contribution in [3.8, 4) is 5.75 Å². The topological polar surface area (TPSA) is 29.5 Å². The largest absolute Gasteiger partial charge is 0.485 e. The van der Waals surface area contributed by atoms with Gasteiger partial charge < -0.3 is 9.84 Å². The van der Waals surface area contributed by atoms with E-state index in [9.17, 15) is 9.50 Å². The van der Waals surface area contributed by atoms with Crippen LogP contribution in [0.2, 0.25) is 0 Å². The third-order valence-electron chi connectivity index (χ3n) is 3.35. The number of benzene rings is 2. The Kier molecular flexibility index (Phi) is 3.84. The first-order chi connectivity index (χ1) is 9.54. The Bertz CT molecular complexity index is 660. The minimum absolute atomic E-state index is 0.243. The highest BCUT2D eigenvalue weighted by atomic mass is 79.9. The number of fused-ring (bicyclic) bond motifs is 1. The molecule has 1 heterocycles. The van der Waals surface area contributed by atoms with Gasteiger partial charge in [0.15, 0.2) is 0 Å². The summed E-state index contributed by atoms with van der Waals surface area (Å²) >= 11 is 6.87. The highest BCUT2D eigenvalue weighted by molar-refractivity contribution is 9.13. The summed E-state index contributed by atoms with van der Waals surface area (Å²) in [7, 11) is 0. The number of aliphatic hydroxyl groups excluding tert-OH is 1. The van der Waals surface area contributed by atoms with Gasteiger partial charge in [0, 0.05) is 20.9 Å². The second kappa shape index (κ2) is 5.47. The van der Waals surface area contributed by atoms with E-state index in [0.717, 1.165) is 14.5 Å². The van der Waals surface area contributed by atoms with Crippen LogP contribution in [0.3, 0.4) is 0 Å². The quantitative estimate of drug-likeness (QED) is 0.735. The summed E-state index contributed by atoms with van der Waals surface area (Å²) in [5, 5.41) is 10.2. The molecule has 0 spiro atoms. The molecular weight excluding hydrogens is 391 g/mol. The Balaban J connectivity index is 1.94. The van der Waals surface area contributed by atoms with Crippen LogP contribution in [-0.4, -0.2) is 5.11 Å². The number of rotatable bonds is 1. The van der Waals surface area contributed by atoms with Gasteiger partial charge in [0.2, 0.25) is 0 Å². The molecule has 0 radical (unpaired) electrons. The highest BCUT2D eigenvalue weighted by Gasteiger charge is 2.28. The van der Waals surface area contributed by atoms with Crippen molar-refractivity contribution < 1.29 is 14.2 Å². The zero-order valence-corrected chi connectivity index (χ0v) is 13.5. The lowest BCUT2D eigenvalue weighted by Crippen LogP contribution is -2.19. The summed E-state index contributed by atoms with van der Waals surface area (Å²) in [6, 6.07) is 10.1. The van der Waals surface area contributed by atoms with Crippen LogP contribution < -0.4 is 4.74 Å². The van der Waals surface area contributed by atoms with Gasteiger partial charge in [-0.25, -0.2) is 4.39 Å². The van der Waals surface area contributed by atoms with Gasteiger partial charge in [-0.15, -0.1) is 0 Å². The molecule has 0 aliphatic carbocycles. The fourth-order valence-corrected chi connectivity index (χ4v) is 2.98. The first-order valence-electron chi connectivity index (χ1n) is 6.13. The van der Waals surface area contributed by atoms with E-state index >= 15 is 0 Å². The number of hydrogen-bond acceptors (Lipinski definition) is 2. The van der Waals surface area contributed by atoms with E-state index in [1.165, 1.54) is 12.1 Å². The second-order valence-corrected chi connectivity index (χ2v) is 6.42. The average molecular weight is 402 g/mol. The monoisotopic (exact) mass is 400 g/mol. The molecule has 0 fully saturated rings. The fraction of sp³-hybridized carbons (Fsp3) is 0.200. The number of aliphatic hydroxyl groups is 1. The molecule has 2 aromatic rings. The van der Waals surface area contributed by atoms with Gasteiger partial charge in [0.1, 0.15) is 17.7 Å². The lowest BCUT2D eigenvalue weighted by atomic mass is 9.95. The molecule has 0 saturated heterocycles. The van der Waals surface area contributed by atoms with E-state index in [4.69, 9.17) is 4.74 Å². The molecule has 1 aliphatic heterocycles. The van der Waals surface area contributed by atoms with Crippen LogP contribution >= 0.6 is 31.9 Å². The van der Waals surface area contributed by atoms with Gasteiger partial charge in [-0.2, -0.15) is 0 Å². The van der Waals surface area contributed by atoms with E-state index in [1.54, 1.807) is 6.07 Å². The maximum atomic E-state index is 13.2. The first kappa shape index (κ1) is 14.0. The van der Waals surface area contributed by atoms with E-state index in [1.807, 2.05) is 18.2 Å². The van der Waals surface area contributed by atoms with Crippen molar-refractivity contribution in [3.05, 3.63) is 62.3 Å². The summed E-state index contributed by atoms with van der Waals surface area (Å²) in [5.74, 6) is 0.172. The van der Waals surface area contributed by atoms with E-state index in [0.29, 0.717) is 17.7 Å². The summed E-state index contributed by atoms with van der Waals surface area (Å²) in [6.07, 6.45) is -0.556. The third-order valence-corrected chi connectivity index (χ3v) is 5.23. The zero-order valence-electron chi connectivity index (χ0n) is 10.3. The van der Waals surface area contributed by atoms with Crippen molar-refractivity contribution in [2.24, 2.45) is 0 Å². The Labute approximate surface area is 132 Å². The highest BCUT2D eigenvalue weighted by Crippen LogP contribution is 2.41. The predicted molar refractivity (Wildman–Crippen MR) is 81.2 cm³/mol. The fourth-order valence-electron chi connectivity index (χ4n) is 2.33. The van der Waals surface area contributed by atoms with Crippen LogP contribution in [0, 0.1) is 5.82 Å². The molecule has 1 unspecified atom stereocenters. The predicted octanol–water partition coefficient (Wildman–Crippen LogP) is 4.91. The molecule has 0 bridgehead atoms. The van der Waals surface area contributed by atoms with E-state index < -0.39 is 6.10 Å². The SMILES string of the molecule is O[C@@H]1CC(c2ccc(Br)c(Br)c2)Oc2ccc(F)cc21. The third kappa shape index (κ3) is 2.62. The van der Waals surface area contributed by atoms with Gasteiger partial charge in [-0.1, -0.05) is 6.07 Å². The molecule has 2 nitrogen and oxygen atoms in total. The normalized spacial score (nSPS) is 21.2. The smallest absolute Gasteiger partial charge is 0.127 e. The van der Waals surface area contributed by atoms with Crippen molar-refractivity contribution in [1.82, 2.24) is 0 Å². The molecule has 2 atom stereocenters.